The molecule has 3 aromatic rings. The molecule has 8 heteroatoms. The first-order chi connectivity index (χ1) is 14.0. The lowest BCUT2D eigenvalue weighted by atomic mass is 9.86. The molecule has 0 aliphatic heterocycles. The molecule has 2 heterocycles. The molecule has 29 heavy (non-hydrogen) atoms. The number of nitrogens with one attached hydrogen (secondary N) is 2. The third-order valence-corrected chi connectivity index (χ3v) is 7.32. The van der Waals surface area contributed by atoms with E-state index in [0.29, 0.717) is 12.6 Å². The highest BCUT2D eigenvalue weighted by Gasteiger charge is 2.28. The van der Waals surface area contributed by atoms with E-state index in [9.17, 15) is 8.42 Å². The number of nitrogens with zero attached hydrogens (tertiary/aromatic N) is 3. The Hall–Kier alpha value is -2.45. The highest BCUT2D eigenvalue weighted by Crippen LogP contribution is 2.31. The van der Waals surface area contributed by atoms with E-state index in [1.807, 2.05) is 42.6 Å². The summed E-state index contributed by atoms with van der Waals surface area (Å²) in [5.41, 5.74) is 1.81. The van der Waals surface area contributed by atoms with Crippen molar-refractivity contribution in [2.24, 2.45) is 5.92 Å². The van der Waals surface area contributed by atoms with E-state index in [4.69, 9.17) is 0 Å². The summed E-state index contributed by atoms with van der Waals surface area (Å²) >= 11 is 0. The zero-order valence-corrected chi connectivity index (χ0v) is 17.4. The van der Waals surface area contributed by atoms with E-state index in [2.05, 4.69) is 31.6 Å². The lowest BCUT2D eigenvalue weighted by Gasteiger charge is -2.35. The van der Waals surface area contributed by atoms with Gasteiger partial charge in [0.25, 0.3) is 0 Å². The monoisotopic (exact) mass is 413 g/mol. The van der Waals surface area contributed by atoms with Crippen molar-refractivity contribution in [2.45, 2.75) is 38.3 Å². The van der Waals surface area contributed by atoms with E-state index in [0.717, 1.165) is 48.1 Å². The third kappa shape index (κ3) is 4.76. The van der Waals surface area contributed by atoms with Crippen LogP contribution in [0.3, 0.4) is 0 Å². The highest BCUT2D eigenvalue weighted by molar-refractivity contribution is 7.89. The number of rotatable bonds is 7. The number of sulfonamides is 1. The Balaban J connectivity index is 1.31. The van der Waals surface area contributed by atoms with Gasteiger partial charge in [-0.05, 0) is 43.2 Å². The van der Waals surface area contributed by atoms with Gasteiger partial charge in [-0.3, -0.25) is 0 Å². The normalized spacial score (nSPS) is 20.0. The first-order valence-corrected chi connectivity index (χ1v) is 11.7. The quantitative estimate of drug-likeness (QED) is 0.621. The molecule has 0 bridgehead atoms. The van der Waals surface area contributed by atoms with Crippen molar-refractivity contribution in [3.63, 3.8) is 0 Å². The summed E-state index contributed by atoms with van der Waals surface area (Å²) in [6, 6.07) is 12.0. The van der Waals surface area contributed by atoms with Crippen LogP contribution in [-0.2, 0) is 16.6 Å². The summed E-state index contributed by atoms with van der Waals surface area (Å²) in [7, 11) is -1.21. The van der Waals surface area contributed by atoms with E-state index >= 15 is 0 Å². The van der Waals surface area contributed by atoms with Crippen molar-refractivity contribution < 1.29 is 8.42 Å². The molecule has 1 saturated carbocycles. The highest BCUT2D eigenvalue weighted by atomic mass is 32.2. The second-order valence-electron chi connectivity index (χ2n) is 7.81. The maximum absolute atomic E-state index is 12.5. The van der Waals surface area contributed by atoms with Gasteiger partial charge in [0.1, 0.15) is 17.8 Å². The lowest BCUT2D eigenvalue weighted by molar-refractivity contribution is 0.340. The van der Waals surface area contributed by atoms with Gasteiger partial charge in [-0.25, -0.2) is 23.1 Å². The fourth-order valence-corrected chi connectivity index (χ4v) is 5.63. The molecule has 0 unspecified atom stereocenters. The van der Waals surface area contributed by atoms with Crippen LogP contribution in [-0.4, -0.2) is 42.2 Å². The standard InChI is InChI=1S/C21H27N5O2S/c1-26(21-19-11-12-22-20(19)23-15-24-21)18-9-7-17(8-10-18)14-29(27,28)25-13-16-5-3-2-4-6-16/h2-6,11-12,15,17-18,25H,7-10,13-14H2,1H3,(H,22,23,24). The minimum Gasteiger partial charge on any atom is -0.356 e. The van der Waals surface area contributed by atoms with Crippen LogP contribution in [0.5, 0.6) is 0 Å². The summed E-state index contributed by atoms with van der Waals surface area (Å²) in [5, 5.41) is 1.02. The van der Waals surface area contributed by atoms with Gasteiger partial charge in [-0.15, -0.1) is 0 Å². The Kier molecular flexibility index (Phi) is 5.82. The van der Waals surface area contributed by atoms with Crippen LogP contribution in [0.15, 0.2) is 48.9 Å². The van der Waals surface area contributed by atoms with Crippen LogP contribution in [0.1, 0.15) is 31.2 Å². The summed E-state index contributed by atoms with van der Waals surface area (Å²) in [5.74, 6) is 1.33. The minimum atomic E-state index is -3.28. The Morgan fingerprint density at radius 3 is 2.62 bits per heavy atom. The maximum atomic E-state index is 12.5. The zero-order valence-electron chi connectivity index (χ0n) is 16.6. The Morgan fingerprint density at radius 2 is 1.86 bits per heavy atom. The third-order valence-electron chi connectivity index (χ3n) is 5.83. The molecule has 154 valence electrons. The molecule has 1 aliphatic rings. The number of anilines is 1. The van der Waals surface area contributed by atoms with Gasteiger partial charge in [-0.1, -0.05) is 30.3 Å². The van der Waals surface area contributed by atoms with E-state index in [1.165, 1.54) is 0 Å². The second-order valence-corrected chi connectivity index (χ2v) is 9.66. The van der Waals surface area contributed by atoms with Crippen LogP contribution < -0.4 is 9.62 Å². The molecule has 0 radical (unpaired) electrons. The van der Waals surface area contributed by atoms with Crippen LogP contribution in [0.4, 0.5) is 5.82 Å². The van der Waals surface area contributed by atoms with Crippen LogP contribution >= 0.6 is 0 Å². The molecule has 7 nitrogen and oxygen atoms in total. The van der Waals surface area contributed by atoms with Crippen molar-refractivity contribution in [2.75, 3.05) is 17.7 Å². The molecule has 4 rings (SSSR count). The predicted molar refractivity (Wildman–Crippen MR) is 115 cm³/mol. The van der Waals surface area contributed by atoms with Gasteiger partial charge < -0.3 is 9.88 Å². The lowest BCUT2D eigenvalue weighted by Crippen LogP contribution is -2.38. The van der Waals surface area contributed by atoms with Gasteiger partial charge in [0, 0.05) is 25.8 Å². The molecule has 0 amide bonds. The van der Waals surface area contributed by atoms with Gasteiger partial charge in [-0.2, -0.15) is 0 Å². The number of aromatic amines is 1. The smallest absolute Gasteiger partial charge is 0.212 e. The van der Waals surface area contributed by atoms with Crippen molar-refractivity contribution in [3.05, 3.63) is 54.5 Å². The number of fused-ring (bicyclic) bond motifs is 1. The summed E-state index contributed by atoms with van der Waals surface area (Å²) in [6.45, 7) is 0.349. The average molecular weight is 414 g/mol. The van der Waals surface area contributed by atoms with Crippen molar-refractivity contribution >= 4 is 26.9 Å². The first-order valence-electron chi connectivity index (χ1n) is 10.0. The molecular weight excluding hydrogens is 386 g/mol. The predicted octanol–water partition coefficient (Wildman–Crippen LogP) is 3.07. The second kappa shape index (κ2) is 8.51. The fraction of sp³-hybridized carbons (Fsp3) is 0.429. The van der Waals surface area contributed by atoms with Crippen molar-refractivity contribution in [1.29, 1.82) is 0 Å². The summed E-state index contributed by atoms with van der Waals surface area (Å²) in [6.07, 6.45) is 7.20. The molecule has 2 aromatic heterocycles. The van der Waals surface area contributed by atoms with Crippen LogP contribution in [0.25, 0.3) is 11.0 Å². The molecule has 1 aliphatic carbocycles. The van der Waals surface area contributed by atoms with Crippen LogP contribution in [0.2, 0.25) is 0 Å². The molecule has 2 N–H and O–H groups in total. The zero-order chi connectivity index (χ0) is 20.3. The Morgan fingerprint density at radius 1 is 1.10 bits per heavy atom. The number of aromatic nitrogens is 3. The Labute approximate surface area is 171 Å². The van der Waals surface area contributed by atoms with Crippen molar-refractivity contribution in [3.8, 4) is 0 Å². The number of hydrogen-bond donors (Lipinski definition) is 2. The number of benzene rings is 1. The summed E-state index contributed by atoms with van der Waals surface area (Å²) < 4.78 is 27.7. The van der Waals surface area contributed by atoms with E-state index < -0.39 is 10.0 Å². The minimum absolute atomic E-state index is 0.200. The SMILES string of the molecule is CN(c1ncnc2[nH]ccc12)C1CCC(CS(=O)(=O)NCc2ccccc2)CC1. The van der Waals surface area contributed by atoms with Gasteiger partial charge >= 0.3 is 0 Å². The maximum Gasteiger partial charge on any atom is 0.212 e. The fourth-order valence-electron chi connectivity index (χ4n) is 4.17. The molecular formula is C21H27N5O2S. The molecule has 1 aromatic carbocycles. The van der Waals surface area contributed by atoms with Gasteiger partial charge in [0.15, 0.2) is 0 Å². The van der Waals surface area contributed by atoms with E-state index in [-0.39, 0.29) is 11.7 Å². The molecule has 1 fully saturated rings. The average Bonchev–Trinajstić information content (AvgIpc) is 3.22. The number of H-pyrrole nitrogens is 1. The topological polar surface area (TPSA) is 91.0 Å². The molecule has 0 atom stereocenters. The number of hydrogen-bond acceptors (Lipinski definition) is 5. The van der Waals surface area contributed by atoms with Crippen LogP contribution in [0, 0.1) is 5.92 Å². The molecule has 0 spiro atoms. The van der Waals surface area contributed by atoms with Gasteiger partial charge in [0.05, 0.1) is 11.1 Å². The van der Waals surface area contributed by atoms with E-state index in [1.54, 1.807) is 6.33 Å². The molecule has 0 saturated heterocycles. The Bertz CT molecular complexity index is 1040. The summed E-state index contributed by atoms with van der Waals surface area (Å²) in [4.78, 5) is 14.1. The van der Waals surface area contributed by atoms with Crippen molar-refractivity contribution in [1.82, 2.24) is 19.7 Å². The first kappa shape index (κ1) is 19.8. The largest absolute Gasteiger partial charge is 0.356 e. The van der Waals surface area contributed by atoms with Gasteiger partial charge in [0.2, 0.25) is 10.0 Å².